The molecule has 6 rings (SSSR count). The van der Waals surface area contributed by atoms with Crippen LogP contribution in [0.4, 0.5) is 17.1 Å². The third-order valence-electron chi connectivity index (χ3n) is 7.89. The minimum absolute atomic E-state index is 0.00805. The van der Waals surface area contributed by atoms with E-state index in [0.717, 1.165) is 16.7 Å². The first-order valence-electron chi connectivity index (χ1n) is 15.0. The third-order valence-corrected chi connectivity index (χ3v) is 9.27. The van der Waals surface area contributed by atoms with Crippen molar-refractivity contribution in [3.8, 4) is 11.5 Å². The number of benzene rings is 5. The molecule has 1 amide bonds. The average Bonchev–Trinajstić information content (AvgIpc) is 3.07. The lowest BCUT2D eigenvalue weighted by molar-refractivity contribution is 0.0968. The number of nitrogens with zero attached hydrogens (tertiary/aromatic N) is 2. The second-order valence-corrected chi connectivity index (χ2v) is 12.7. The van der Waals surface area contributed by atoms with Crippen LogP contribution in [-0.4, -0.2) is 28.0 Å². The summed E-state index contributed by atoms with van der Waals surface area (Å²) in [5.74, 6) is 1.01. The van der Waals surface area contributed by atoms with Crippen LogP contribution in [0.1, 0.15) is 40.1 Å². The highest BCUT2D eigenvalue weighted by molar-refractivity contribution is 7.92. The van der Waals surface area contributed by atoms with Crippen LogP contribution < -0.4 is 24.0 Å². The largest absolute Gasteiger partial charge is 0.497 e. The number of hydrogen-bond acceptors (Lipinski definition) is 6. The molecular formula is C37H35N3O5S. The van der Waals surface area contributed by atoms with Crippen LogP contribution in [0, 0.1) is 6.92 Å². The van der Waals surface area contributed by atoms with E-state index in [1.807, 2.05) is 105 Å². The topological polar surface area (TPSA) is 88.2 Å². The van der Waals surface area contributed by atoms with Crippen molar-refractivity contribution in [2.75, 3.05) is 28.2 Å². The summed E-state index contributed by atoms with van der Waals surface area (Å²) < 4.78 is 41.1. The lowest BCUT2D eigenvalue weighted by Crippen LogP contribution is -2.49. The maximum absolute atomic E-state index is 14.7. The van der Waals surface area contributed by atoms with Gasteiger partial charge < -0.3 is 14.4 Å². The minimum Gasteiger partial charge on any atom is -0.497 e. The number of carbonyl (C=O) groups excluding carboxylic acids is 1. The second-order valence-electron chi connectivity index (χ2n) is 11.0. The Balaban J connectivity index is 1.52. The number of carbonyl (C=O) groups is 1. The Hall–Kier alpha value is -5.28. The van der Waals surface area contributed by atoms with Gasteiger partial charge in [0.15, 0.2) is 0 Å². The van der Waals surface area contributed by atoms with Gasteiger partial charge in [-0.1, -0.05) is 60.2 Å². The molecule has 5 aromatic rings. The van der Waals surface area contributed by atoms with Gasteiger partial charge >= 0.3 is 0 Å². The number of rotatable bonds is 10. The van der Waals surface area contributed by atoms with Crippen molar-refractivity contribution < 1.29 is 22.7 Å². The molecule has 1 aliphatic heterocycles. The lowest BCUT2D eigenvalue weighted by Gasteiger charge is -2.46. The number of anilines is 3. The molecule has 0 aromatic heterocycles. The molecular weight excluding hydrogens is 598 g/mol. The third kappa shape index (κ3) is 6.27. The molecule has 8 nitrogen and oxygen atoms in total. The van der Waals surface area contributed by atoms with E-state index < -0.39 is 16.2 Å². The summed E-state index contributed by atoms with van der Waals surface area (Å²) in [6.45, 7) is 4.81. The zero-order valence-electron chi connectivity index (χ0n) is 25.9. The predicted molar refractivity (Wildman–Crippen MR) is 181 cm³/mol. The van der Waals surface area contributed by atoms with Gasteiger partial charge in [-0.2, -0.15) is 0 Å². The van der Waals surface area contributed by atoms with E-state index in [2.05, 4.69) is 9.62 Å². The molecule has 1 N–H and O–H groups in total. The Morgan fingerprint density at radius 2 is 1.54 bits per heavy atom. The molecule has 0 spiro atoms. The quantitative estimate of drug-likeness (QED) is 0.171. The molecule has 0 aliphatic carbocycles. The summed E-state index contributed by atoms with van der Waals surface area (Å²) in [6.07, 6.45) is -0.582. The zero-order chi connectivity index (χ0) is 32.3. The van der Waals surface area contributed by atoms with Crippen LogP contribution in [0.25, 0.3) is 0 Å². The Kier molecular flexibility index (Phi) is 8.68. The van der Waals surface area contributed by atoms with Crippen molar-refractivity contribution in [2.24, 2.45) is 0 Å². The summed E-state index contributed by atoms with van der Waals surface area (Å²) in [5.41, 5.74) is 4.85. The van der Waals surface area contributed by atoms with Gasteiger partial charge in [-0.05, 0) is 91.7 Å². The molecule has 0 bridgehead atoms. The molecule has 5 aromatic carbocycles. The number of hydrogen-bond donors (Lipinski definition) is 1. The maximum Gasteiger partial charge on any atom is 0.262 e. The Morgan fingerprint density at radius 3 is 2.24 bits per heavy atom. The number of ether oxygens (including phenoxy) is 2. The fraction of sp³-hybridized carbons (Fsp3) is 0.162. The molecule has 1 unspecified atom stereocenters. The summed E-state index contributed by atoms with van der Waals surface area (Å²) >= 11 is 0. The van der Waals surface area contributed by atoms with Crippen LogP contribution >= 0.6 is 0 Å². The lowest BCUT2D eigenvalue weighted by atomic mass is 9.99. The van der Waals surface area contributed by atoms with Crippen molar-refractivity contribution >= 4 is 33.0 Å². The highest BCUT2D eigenvalue weighted by Crippen LogP contribution is 2.44. The Labute approximate surface area is 269 Å². The normalized spacial score (nSPS) is 14.5. The van der Waals surface area contributed by atoms with Gasteiger partial charge in [-0.25, -0.2) is 8.42 Å². The molecule has 1 atom stereocenters. The Bertz CT molecular complexity index is 1950. The van der Waals surface area contributed by atoms with Crippen LogP contribution in [0.5, 0.6) is 11.5 Å². The van der Waals surface area contributed by atoms with Gasteiger partial charge in [0.25, 0.3) is 15.9 Å². The average molecular weight is 634 g/mol. The fourth-order valence-electron chi connectivity index (χ4n) is 5.66. The summed E-state index contributed by atoms with van der Waals surface area (Å²) in [5, 5.41) is 0. The highest BCUT2D eigenvalue weighted by atomic mass is 32.2. The predicted octanol–water partition coefficient (Wildman–Crippen LogP) is 7.57. The maximum atomic E-state index is 14.7. The van der Waals surface area contributed by atoms with Gasteiger partial charge in [0.05, 0.1) is 29.9 Å². The summed E-state index contributed by atoms with van der Waals surface area (Å²) in [4.78, 5) is 18.5. The first-order chi connectivity index (χ1) is 22.3. The Morgan fingerprint density at radius 1 is 0.804 bits per heavy atom. The number of nitrogens with one attached hydrogen (secondary N) is 1. The number of methoxy groups -OCH3 is 1. The minimum atomic E-state index is -4.00. The molecule has 0 radical (unpaired) electrons. The van der Waals surface area contributed by atoms with Gasteiger partial charge in [-0.15, -0.1) is 0 Å². The van der Waals surface area contributed by atoms with E-state index in [9.17, 15) is 13.2 Å². The van der Waals surface area contributed by atoms with E-state index in [1.165, 1.54) is 6.07 Å². The molecule has 0 fully saturated rings. The number of amides is 1. The zero-order valence-corrected chi connectivity index (χ0v) is 26.7. The van der Waals surface area contributed by atoms with Crippen molar-refractivity contribution in [2.45, 2.75) is 31.5 Å². The SMILES string of the molecule is CCOc1ccc(N2C(=O)c3cc(S(=O)(=O)Nc4ccc(C)cc4)ccc3N(Cc3ccccc3)C2c2cccc(OC)c2)cc1. The molecule has 234 valence electrons. The molecule has 1 aliphatic rings. The van der Waals surface area contributed by atoms with Crippen molar-refractivity contribution in [1.29, 1.82) is 0 Å². The van der Waals surface area contributed by atoms with Crippen molar-refractivity contribution in [1.82, 2.24) is 0 Å². The van der Waals surface area contributed by atoms with E-state index in [1.54, 1.807) is 36.3 Å². The number of fused-ring (bicyclic) bond motifs is 1. The van der Waals surface area contributed by atoms with E-state index in [0.29, 0.717) is 41.7 Å². The second kappa shape index (κ2) is 13.0. The van der Waals surface area contributed by atoms with Crippen LogP contribution in [-0.2, 0) is 16.6 Å². The van der Waals surface area contributed by atoms with Crippen molar-refractivity contribution in [3.63, 3.8) is 0 Å². The first-order valence-corrected chi connectivity index (χ1v) is 16.5. The standard InChI is InChI=1S/C37H35N3O5S/c1-4-45-31-19-17-30(18-20-31)40-36(28-11-8-12-32(23-28)44-3)39(25-27-9-6-5-7-10-27)35-22-21-33(24-34(35)37(40)41)46(42,43)38-29-15-13-26(2)14-16-29/h5-24,36,38H,4,25H2,1-3H3. The van der Waals surface area contributed by atoms with E-state index >= 15 is 0 Å². The molecule has 0 saturated carbocycles. The summed E-state index contributed by atoms with van der Waals surface area (Å²) in [6, 6.07) is 36.8. The summed E-state index contributed by atoms with van der Waals surface area (Å²) in [7, 11) is -2.39. The van der Waals surface area contributed by atoms with Crippen LogP contribution in [0.3, 0.4) is 0 Å². The fourth-order valence-corrected chi connectivity index (χ4v) is 6.75. The van der Waals surface area contributed by atoms with Crippen LogP contribution in [0.15, 0.2) is 126 Å². The van der Waals surface area contributed by atoms with Crippen LogP contribution in [0.2, 0.25) is 0 Å². The van der Waals surface area contributed by atoms with Crippen molar-refractivity contribution in [3.05, 3.63) is 144 Å². The molecule has 1 heterocycles. The van der Waals surface area contributed by atoms with Gasteiger partial charge in [0, 0.05) is 17.9 Å². The first kappa shape index (κ1) is 30.7. The molecule has 0 saturated heterocycles. The molecule has 46 heavy (non-hydrogen) atoms. The van der Waals surface area contributed by atoms with Gasteiger partial charge in [-0.3, -0.25) is 14.4 Å². The monoisotopic (exact) mass is 633 g/mol. The van der Waals surface area contributed by atoms with E-state index in [-0.39, 0.29) is 16.4 Å². The number of sulfonamides is 1. The highest BCUT2D eigenvalue weighted by Gasteiger charge is 2.40. The van der Waals surface area contributed by atoms with E-state index in [4.69, 9.17) is 9.47 Å². The van der Waals surface area contributed by atoms with Gasteiger partial charge in [0.1, 0.15) is 17.7 Å². The smallest absolute Gasteiger partial charge is 0.262 e. The van der Waals surface area contributed by atoms with Gasteiger partial charge in [0.2, 0.25) is 0 Å². The number of aryl methyl sites for hydroxylation is 1. The molecule has 9 heteroatoms.